The summed E-state index contributed by atoms with van der Waals surface area (Å²) in [6, 6.07) is 7.13. The highest BCUT2D eigenvalue weighted by Crippen LogP contribution is 2.23. The third-order valence-electron chi connectivity index (χ3n) is 2.58. The van der Waals surface area contributed by atoms with E-state index in [0.717, 1.165) is 5.39 Å². The summed E-state index contributed by atoms with van der Waals surface area (Å²) in [5.74, 6) is -1.54. The van der Waals surface area contributed by atoms with Gasteiger partial charge >= 0.3 is 11.9 Å². The fraction of sp³-hybridized carbons (Fsp3) is 0.167. The lowest BCUT2D eigenvalue weighted by atomic mass is 10.1. The molecule has 0 saturated heterocycles. The molecule has 2 rings (SSSR count). The van der Waals surface area contributed by atoms with Crippen LogP contribution in [0.2, 0.25) is 0 Å². The average molecular weight is 233 g/mol. The molecule has 0 fully saturated rings. The number of hydrogen-bond donors (Lipinski definition) is 2. The van der Waals surface area contributed by atoms with Crippen molar-refractivity contribution in [3.8, 4) is 0 Å². The van der Waals surface area contributed by atoms with E-state index in [-0.39, 0.29) is 12.1 Å². The van der Waals surface area contributed by atoms with E-state index < -0.39 is 11.9 Å². The SMILES string of the molecule is COC(=O)Cc1c(C(=O)O)[nH]c2ccccc12. The summed E-state index contributed by atoms with van der Waals surface area (Å²) < 4.78 is 4.56. The van der Waals surface area contributed by atoms with E-state index in [0.29, 0.717) is 11.1 Å². The number of aromatic nitrogens is 1. The highest BCUT2D eigenvalue weighted by molar-refractivity contribution is 5.99. The number of esters is 1. The molecule has 2 N–H and O–H groups in total. The molecule has 0 radical (unpaired) electrons. The van der Waals surface area contributed by atoms with Crippen LogP contribution in [0.5, 0.6) is 0 Å². The van der Waals surface area contributed by atoms with Crippen LogP contribution >= 0.6 is 0 Å². The van der Waals surface area contributed by atoms with Crippen molar-refractivity contribution in [2.24, 2.45) is 0 Å². The Morgan fingerprint density at radius 3 is 2.71 bits per heavy atom. The minimum atomic E-state index is -1.08. The maximum Gasteiger partial charge on any atom is 0.352 e. The average Bonchev–Trinajstić information content (AvgIpc) is 2.68. The molecule has 0 saturated carbocycles. The number of carbonyl (C=O) groups is 2. The minimum Gasteiger partial charge on any atom is -0.477 e. The quantitative estimate of drug-likeness (QED) is 0.789. The van der Waals surface area contributed by atoms with E-state index in [1.807, 2.05) is 0 Å². The first-order chi connectivity index (χ1) is 8.13. The summed E-state index contributed by atoms with van der Waals surface area (Å²) in [5, 5.41) is 9.80. The van der Waals surface area contributed by atoms with Gasteiger partial charge in [-0.2, -0.15) is 0 Å². The molecule has 0 aliphatic carbocycles. The van der Waals surface area contributed by atoms with E-state index in [9.17, 15) is 9.59 Å². The molecule has 2 aromatic rings. The Balaban J connectivity index is 2.59. The molecular formula is C12H11NO4. The van der Waals surface area contributed by atoms with Gasteiger partial charge in [0.15, 0.2) is 0 Å². The molecule has 1 aromatic heterocycles. The second kappa shape index (κ2) is 4.29. The Bertz CT molecular complexity index is 585. The van der Waals surface area contributed by atoms with Gasteiger partial charge in [-0.1, -0.05) is 18.2 Å². The molecule has 0 spiro atoms. The first-order valence-electron chi connectivity index (χ1n) is 5.03. The molecule has 88 valence electrons. The van der Waals surface area contributed by atoms with Crippen molar-refractivity contribution in [2.45, 2.75) is 6.42 Å². The predicted octanol–water partition coefficient (Wildman–Crippen LogP) is 1.58. The van der Waals surface area contributed by atoms with Gasteiger partial charge in [-0.25, -0.2) is 4.79 Å². The van der Waals surface area contributed by atoms with E-state index >= 15 is 0 Å². The number of carboxylic acid groups (broad SMARTS) is 1. The molecule has 1 heterocycles. The van der Waals surface area contributed by atoms with Crippen LogP contribution in [-0.4, -0.2) is 29.1 Å². The zero-order chi connectivity index (χ0) is 12.4. The number of aromatic amines is 1. The maximum atomic E-state index is 11.3. The monoisotopic (exact) mass is 233 g/mol. The molecule has 5 heteroatoms. The standard InChI is InChI=1S/C12H11NO4/c1-17-10(14)6-8-7-4-2-3-5-9(7)13-11(8)12(15)16/h2-5,13H,6H2,1H3,(H,15,16). The molecule has 0 atom stereocenters. The van der Waals surface area contributed by atoms with Crippen LogP contribution in [-0.2, 0) is 16.0 Å². The van der Waals surface area contributed by atoms with Gasteiger partial charge in [0.25, 0.3) is 0 Å². The summed E-state index contributed by atoms with van der Waals surface area (Å²) in [7, 11) is 1.28. The number of ether oxygens (including phenoxy) is 1. The van der Waals surface area contributed by atoms with Crippen LogP contribution in [0.1, 0.15) is 16.1 Å². The van der Waals surface area contributed by atoms with Gasteiger partial charge < -0.3 is 14.8 Å². The second-order valence-electron chi connectivity index (χ2n) is 3.58. The lowest BCUT2D eigenvalue weighted by molar-refractivity contribution is -0.139. The van der Waals surface area contributed by atoms with Crippen molar-refractivity contribution in [1.29, 1.82) is 0 Å². The number of hydrogen-bond acceptors (Lipinski definition) is 3. The van der Waals surface area contributed by atoms with Crippen LogP contribution in [0.15, 0.2) is 24.3 Å². The van der Waals surface area contributed by atoms with Gasteiger partial charge in [0.05, 0.1) is 13.5 Å². The zero-order valence-electron chi connectivity index (χ0n) is 9.19. The summed E-state index contributed by atoms with van der Waals surface area (Å²) in [6.07, 6.45) is -0.0534. The van der Waals surface area contributed by atoms with Crippen molar-refractivity contribution in [2.75, 3.05) is 7.11 Å². The third-order valence-corrected chi connectivity index (χ3v) is 2.58. The van der Waals surface area contributed by atoms with E-state index in [2.05, 4.69) is 9.72 Å². The molecule has 0 aliphatic rings. The molecule has 0 unspecified atom stereocenters. The maximum absolute atomic E-state index is 11.3. The molecule has 1 aromatic carbocycles. The van der Waals surface area contributed by atoms with Crippen LogP contribution < -0.4 is 0 Å². The number of nitrogens with one attached hydrogen (secondary N) is 1. The van der Waals surface area contributed by atoms with Gasteiger partial charge in [-0.3, -0.25) is 4.79 Å². The number of para-hydroxylation sites is 1. The highest BCUT2D eigenvalue weighted by Gasteiger charge is 2.19. The molecule has 0 amide bonds. The fourth-order valence-corrected chi connectivity index (χ4v) is 1.78. The van der Waals surface area contributed by atoms with Crippen LogP contribution in [0.25, 0.3) is 10.9 Å². The van der Waals surface area contributed by atoms with Crippen molar-refractivity contribution >= 4 is 22.8 Å². The van der Waals surface area contributed by atoms with Crippen LogP contribution in [0.3, 0.4) is 0 Å². The number of benzene rings is 1. The van der Waals surface area contributed by atoms with Gasteiger partial charge in [0, 0.05) is 16.5 Å². The molecule has 5 nitrogen and oxygen atoms in total. The Morgan fingerprint density at radius 2 is 2.06 bits per heavy atom. The van der Waals surface area contributed by atoms with E-state index in [1.165, 1.54) is 7.11 Å². The van der Waals surface area contributed by atoms with Gasteiger partial charge in [-0.05, 0) is 6.07 Å². The lowest BCUT2D eigenvalue weighted by Gasteiger charge is -2.00. The second-order valence-corrected chi connectivity index (χ2v) is 3.58. The molecular weight excluding hydrogens is 222 g/mol. The lowest BCUT2D eigenvalue weighted by Crippen LogP contribution is -2.08. The van der Waals surface area contributed by atoms with E-state index in [1.54, 1.807) is 24.3 Å². The number of rotatable bonds is 3. The Hall–Kier alpha value is -2.30. The summed E-state index contributed by atoms with van der Waals surface area (Å²) in [6.45, 7) is 0. The smallest absolute Gasteiger partial charge is 0.352 e. The topological polar surface area (TPSA) is 79.4 Å². The molecule has 0 aliphatic heterocycles. The molecule has 17 heavy (non-hydrogen) atoms. The Morgan fingerprint density at radius 1 is 1.35 bits per heavy atom. The van der Waals surface area contributed by atoms with Crippen molar-refractivity contribution in [1.82, 2.24) is 4.98 Å². The predicted molar refractivity (Wildman–Crippen MR) is 61.0 cm³/mol. The Labute approximate surface area is 97.0 Å². The van der Waals surface area contributed by atoms with E-state index in [4.69, 9.17) is 5.11 Å². The number of carboxylic acids is 1. The van der Waals surface area contributed by atoms with Gasteiger partial charge in [0.2, 0.25) is 0 Å². The normalized spacial score (nSPS) is 10.4. The van der Waals surface area contributed by atoms with Gasteiger partial charge in [0.1, 0.15) is 5.69 Å². The number of H-pyrrole nitrogens is 1. The summed E-state index contributed by atoms with van der Waals surface area (Å²) in [5.41, 5.74) is 1.19. The zero-order valence-corrected chi connectivity index (χ0v) is 9.19. The van der Waals surface area contributed by atoms with Gasteiger partial charge in [-0.15, -0.1) is 0 Å². The summed E-state index contributed by atoms with van der Waals surface area (Å²) in [4.78, 5) is 25.1. The number of methoxy groups -OCH3 is 1. The first-order valence-corrected chi connectivity index (χ1v) is 5.03. The Kier molecular flexibility index (Phi) is 2.82. The van der Waals surface area contributed by atoms with Crippen molar-refractivity contribution in [3.05, 3.63) is 35.5 Å². The third kappa shape index (κ3) is 1.99. The number of aromatic carboxylic acids is 1. The van der Waals surface area contributed by atoms with Crippen LogP contribution in [0, 0.1) is 0 Å². The largest absolute Gasteiger partial charge is 0.477 e. The van der Waals surface area contributed by atoms with Crippen LogP contribution in [0.4, 0.5) is 0 Å². The van der Waals surface area contributed by atoms with Crippen molar-refractivity contribution < 1.29 is 19.4 Å². The molecule has 0 bridgehead atoms. The highest BCUT2D eigenvalue weighted by atomic mass is 16.5. The van der Waals surface area contributed by atoms with Crippen molar-refractivity contribution in [3.63, 3.8) is 0 Å². The summed E-state index contributed by atoms with van der Waals surface area (Å²) >= 11 is 0. The number of fused-ring (bicyclic) bond motifs is 1. The minimum absolute atomic E-state index is 0.0385. The number of carbonyl (C=O) groups excluding carboxylic acids is 1. The first kappa shape index (κ1) is 11.2. The fourth-order valence-electron chi connectivity index (χ4n) is 1.78.